The quantitative estimate of drug-likeness (QED) is 0.710. The maximum atomic E-state index is 11.9. The minimum absolute atomic E-state index is 0.104. The Balaban J connectivity index is 1.65. The fourth-order valence-corrected chi connectivity index (χ4v) is 2.39. The summed E-state index contributed by atoms with van der Waals surface area (Å²) in [6, 6.07) is 7.50. The van der Waals surface area contributed by atoms with Gasteiger partial charge >= 0.3 is 0 Å². The SMILES string of the molecule is C=C(CCC(=O)NCc1ccoc1C)NC(=O)COc1ccc(C)c(C)c1. The van der Waals surface area contributed by atoms with Crippen LogP contribution in [0, 0.1) is 20.8 Å². The van der Waals surface area contributed by atoms with Crippen molar-refractivity contribution in [2.75, 3.05) is 6.61 Å². The number of furan rings is 1. The van der Waals surface area contributed by atoms with Gasteiger partial charge in [-0.05, 0) is 56.5 Å². The van der Waals surface area contributed by atoms with E-state index in [2.05, 4.69) is 17.2 Å². The van der Waals surface area contributed by atoms with Crippen molar-refractivity contribution in [2.45, 2.75) is 40.2 Å². The van der Waals surface area contributed by atoms with Crippen LogP contribution in [0.4, 0.5) is 0 Å². The molecule has 0 aliphatic carbocycles. The Bertz CT molecular complexity index is 823. The van der Waals surface area contributed by atoms with Gasteiger partial charge in [0.05, 0.1) is 6.26 Å². The number of amides is 2. The third kappa shape index (κ3) is 6.66. The highest BCUT2D eigenvalue weighted by Gasteiger charge is 2.09. The van der Waals surface area contributed by atoms with Gasteiger partial charge in [-0.3, -0.25) is 9.59 Å². The van der Waals surface area contributed by atoms with Crippen molar-refractivity contribution in [2.24, 2.45) is 0 Å². The van der Waals surface area contributed by atoms with Gasteiger partial charge in [-0.25, -0.2) is 0 Å². The summed E-state index contributed by atoms with van der Waals surface area (Å²) in [6.07, 6.45) is 2.20. The smallest absolute Gasteiger partial charge is 0.262 e. The lowest BCUT2D eigenvalue weighted by Crippen LogP contribution is -2.29. The minimum Gasteiger partial charge on any atom is -0.484 e. The molecule has 0 saturated carbocycles. The predicted molar refractivity (Wildman–Crippen MR) is 103 cm³/mol. The number of carbonyl (C=O) groups is 2. The molecule has 1 aromatic carbocycles. The Morgan fingerprint density at radius 3 is 2.52 bits per heavy atom. The second-order valence-corrected chi connectivity index (χ2v) is 6.47. The Morgan fingerprint density at radius 1 is 1.07 bits per heavy atom. The van der Waals surface area contributed by atoms with Gasteiger partial charge in [0.1, 0.15) is 11.5 Å². The number of allylic oxidation sites excluding steroid dienone is 1. The zero-order valence-corrected chi connectivity index (χ0v) is 16.1. The highest BCUT2D eigenvalue weighted by atomic mass is 16.5. The van der Waals surface area contributed by atoms with E-state index in [9.17, 15) is 9.59 Å². The van der Waals surface area contributed by atoms with E-state index < -0.39 is 0 Å². The van der Waals surface area contributed by atoms with Crippen LogP contribution in [0.1, 0.15) is 35.3 Å². The van der Waals surface area contributed by atoms with Crippen LogP contribution in [0.3, 0.4) is 0 Å². The molecule has 2 N–H and O–H groups in total. The summed E-state index contributed by atoms with van der Waals surface area (Å²) < 4.78 is 10.7. The van der Waals surface area contributed by atoms with E-state index >= 15 is 0 Å². The second kappa shape index (κ2) is 9.62. The van der Waals surface area contributed by atoms with Crippen LogP contribution >= 0.6 is 0 Å². The summed E-state index contributed by atoms with van der Waals surface area (Å²) in [5, 5.41) is 5.47. The van der Waals surface area contributed by atoms with Gasteiger partial charge in [0.2, 0.25) is 5.91 Å². The van der Waals surface area contributed by atoms with Gasteiger partial charge < -0.3 is 19.8 Å². The lowest BCUT2D eigenvalue weighted by atomic mass is 10.1. The number of carbonyl (C=O) groups excluding carboxylic acids is 2. The van der Waals surface area contributed by atoms with Crippen molar-refractivity contribution in [1.82, 2.24) is 10.6 Å². The molecule has 1 heterocycles. The highest BCUT2D eigenvalue weighted by molar-refractivity contribution is 5.80. The monoisotopic (exact) mass is 370 g/mol. The van der Waals surface area contributed by atoms with Crippen molar-refractivity contribution in [1.29, 1.82) is 0 Å². The van der Waals surface area contributed by atoms with E-state index in [1.807, 2.05) is 45.0 Å². The van der Waals surface area contributed by atoms with Crippen LogP contribution < -0.4 is 15.4 Å². The number of benzene rings is 1. The Hall–Kier alpha value is -3.02. The van der Waals surface area contributed by atoms with Crippen LogP contribution in [-0.4, -0.2) is 18.4 Å². The van der Waals surface area contributed by atoms with E-state index in [1.165, 1.54) is 5.56 Å². The molecule has 2 aromatic rings. The molecule has 27 heavy (non-hydrogen) atoms. The molecule has 6 heteroatoms. The van der Waals surface area contributed by atoms with E-state index in [0.717, 1.165) is 16.9 Å². The summed E-state index contributed by atoms with van der Waals surface area (Å²) in [6.45, 7) is 9.96. The molecule has 6 nitrogen and oxygen atoms in total. The summed E-state index contributed by atoms with van der Waals surface area (Å²) in [4.78, 5) is 23.8. The average Bonchev–Trinajstić information content (AvgIpc) is 3.04. The van der Waals surface area contributed by atoms with Crippen LogP contribution in [0.25, 0.3) is 0 Å². The molecule has 1 aromatic heterocycles. The molecule has 2 rings (SSSR count). The number of nitrogens with one attached hydrogen (secondary N) is 2. The summed E-state index contributed by atoms with van der Waals surface area (Å²) in [5.41, 5.74) is 3.70. The number of hydrogen-bond acceptors (Lipinski definition) is 4. The standard InChI is InChI=1S/C21H26N2O4/c1-14-5-7-19(11-15(14)2)27-13-21(25)23-16(3)6-8-20(24)22-12-18-9-10-26-17(18)4/h5,7,9-11H,3,6,8,12-13H2,1-2,4H3,(H,22,24)(H,23,25). The van der Waals surface area contributed by atoms with Crippen LogP contribution in [0.2, 0.25) is 0 Å². The average molecular weight is 370 g/mol. The van der Waals surface area contributed by atoms with Crippen LogP contribution in [0.5, 0.6) is 5.75 Å². The molecule has 2 amide bonds. The third-order valence-corrected chi connectivity index (χ3v) is 4.26. The first-order valence-electron chi connectivity index (χ1n) is 8.82. The van der Waals surface area contributed by atoms with Gasteiger partial charge in [-0.1, -0.05) is 12.6 Å². The number of ether oxygens (including phenoxy) is 1. The lowest BCUT2D eigenvalue weighted by Gasteiger charge is -2.11. The Morgan fingerprint density at radius 2 is 1.85 bits per heavy atom. The maximum Gasteiger partial charge on any atom is 0.262 e. The van der Waals surface area contributed by atoms with E-state index in [4.69, 9.17) is 9.15 Å². The van der Waals surface area contributed by atoms with Crippen molar-refractivity contribution >= 4 is 11.8 Å². The number of rotatable bonds is 9. The second-order valence-electron chi connectivity index (χ2n) is 6.47. The van der Waals surface area contributed by atoms with Crippen LogP contribution in [0.15, 0.2) is 47.2 Å². The summed E-state index contributed by atoms with van der Waals surface area (Å²) >= 11 is 0. The van der Waals surface area contributed by atoms with E-state index in [0.29, 0.717) is 24.4 Å². The molecule has 144 valence electrons. The zero-order chi connectivity index (χ0) is 19.8. The zero-order valence-electron chi connectivity index (χ0n) is 16.1. The third-order valence-electron chi connectivity index (χ3n) is 4.26. The topological polar surface area (TPSA) is 80.6 Å². The van der Waals surface area contributed by atoms with Gasteiger partial charge in [0.25, 0.3) is 5.91 Å². The first-order valence-corrected chi connectivity index (χ1v) is 8.82. The fraction of sp³-hybridized carbons (Fsp3) is 0.333. The molecule has 0 radical (unpaired) electrons. The number of aryl methyl sites for hydroxylation is 3. The molecular formula is C21H26N2O4. The number of hydrogen-bond donors (Lipinski definition) is 2. The van der Waals surface area contributed by atoms with Crippen molar-refractivity contribution in [3.8, 4) is 5.75 Å². The van der Waals surface area contributed by atoms with Gasteiger partial charge in [0, 0.05) is 24.2 Å². The predicted octanol–water partition coefficient (Wildman–Crippen LogP) is 3.31. The maximum absolute atomic E-state index is 11.9. The van der Waals surface area contributed by atoms with Crippen molar-refractivity contribution < 1.29 is 18.7 Å². The molecule has 0 aliphatic heterocycles. The van der Waals surface area contributed by atoms with E-state index in [-0.39, 0.29) is 24.8 Å². The fourth-order valence-electron chi connectivity index (χ4n) is 2.39. The molecule has 0 bridgehead atoms. The highest BCUT2D eigenvalue weighted by Crippen LogP contribution is 2.16. The summed E-state index contributed by atoms with van der Waals surface area (Å²) in [5.74, 6) is 1.02. The lowest BCUT2D eigenvalue weighted by molar-refractivity contribution is -0.123. The Labute approximate surface area is 159 Å². The first kappa shape index (κ1) is 20.3. The Kier molecular flexibility index (Phi) is 7.23. The summed E-state index contributed by atoms with van der Waals surface area (Å²) in [7, 11) is 0. The van der Waals surface area contributed by atoms with Crippen molar-refractivity contribution in [3.05, 3.63) is 65.3 Å². The van der Waals surface area contributed by atoms with E-state index in [1.54, 1.807) is 6.26 Å². The molecule has 0 saturated heterocycles. The molecule has 0 unspecified atom stereocenters. The van der Waals surface area contributed by atoms with Gasteiger partial charge in [0.15, 0.2) is 6.61 Å². The minimum atomic E-state index is -0.298. The van der Waals surface area contributed by atoms with Crippen molar-refractivity contribution in [3.63, 3.8) is 0 Å². The largest absolute Gasteiger partial charge is 0.484 e. The van der Waals surface area contributed by atoms with Gasteiger partial charge in [-0.2, -0.15) is 0 Å². The molecule has 0 fully saturated rings. The van der Waals surface area contributed by atoms with Gasteiger partial charge in [-0.15, -0.1) is 0 Å². The van der Waals surface area contributed by atoms with Crippen LogP contribution in [-0.2, 0) is 16.1 Å². The molecule has 0 spiro atoms. The normalized spacial score (nSPS) is 10.3. The molecular weight excluding hydrogens is 344 g/mol. The molecule has 0 atom stereocenters. The molecule has 0 aliphatic rings. The first-order chi connectivity index (χ1) is 12.8.